The van der Waals surface area contributed by atoms with E-state index in [2.05, 4.69) is 27.6 Å². The molecule has 23 heavy (non-hydrogen) atoms. The summed E-state index contributed by atoms with van der Waals surface area (Å²) in [6.07, 6.45) is 5.92. The second-order valence-corrected chi connectivity index (χ2v) is 6.00. The van der Waals surface area contributed by atoms with Crippen LogP contribution in [-0.2, 0) is 11.3 Å². The van der Waals surface area contributed by atoms with E-state index < -0.39 is 0 Å². The number of H-pyrrole nitrogens is 1. The average Bonchev–Trinajstić information content (AvgIpc) is 2.96. The normalized spacial score (nSPS) is 15.7. The molecule has 0 saturated carbocycles. The highest BCUT2D eigenvalue weighted by Gasteiger charge is 2.15. The molecule has 0 radical (unpaired) electrons. The van der Waals surface area contributed by atoms with Crippen LogP contribution in [0.3, 0.4) is 0 Å². The Kier molecular flexibility index (Phi) is 5.42. The van der Waals surface area contributed by atoms with E-state index in [-0.39, 0.29) is 0 Å². The number of amides is 1. The van der Waals surface area contributed by atoms with Crippen LogP contribution in [0.4, 0.5) is 0 Å². The van der Waals surface area contributed by atoms with Gasteiger partial charge in [0, 0.05) is 38.2 Å². The Morgan fingerprint density at radius 3 is 2.91 bits per heavy atom. The van der Waals surface area contributed by atoms with Crippen LogP contribution in [-0.4, -0.2) is 40.6 Å². The van der Waals surface area contributed by atoms with E-state index in [1.54, 1.807) is 0 Å². The maximum Gasteiger partial charge on any atom is 0.222 e. The van der Waals surface area contributed by atoms with Crippen molar-refractivity contribution in [3.05, 3.63) is 42.1 Å². The molecule has 2 heterocycles. The number of hydrogen-bond acceptors (Lipinski definition) is 3. The summed E-state index contributed by atoms with van der Waals surface area (Å²) in [5.74, 6) is 0.303. The minimum absolute atomic E-state index is 0.303. The summed E-state index contributed by atoms with van der Waals surface area (Å²) in [5.41, 5.74) is 3.35. The molecule has 0 aliphatic carbocycles. The molecule has 122 valence electrons. The van der Waals surface area contributed by atoms with Crippen LogP contribution in [0, 0.1) is 0 Å². The predicted octanol–water partition coefficient (Wildman–Crippen LogP) is 2.57. The Hall–Kier alpha value is -2.14. The van der Waals surface area contributed by atoms with E-state index in [0.717, 1.165) is 55.8 Å². The highest BCUT2D eigenvalue weighted by Crippen LogP contribution is 2.20. The Bertz CT molecular complexity index is 623. The van der Waals surface area contributed by atoms with Crippen LogP contribution in [0.25, 0.3) is 11.3 Å². The maximum atomic E-state index is 12.0. The largest absolute Gasteiger partial charge is 0.341 e. The summed E-state index contributed by atoms with van der Waals surface area (Å²) in [5, 5.41) is 10.7. The zero-order valence-electron chi connectivity index (χ0n) is 13.4. The molecule has 2 N–H and O–H groups in total. The summed E-state index contributed by atoms with van der Waals surface area (Å²) in [6, 6.07) is 10.2. The van der Waals surface area contributed by atoms with Gasteiger partial charge < -0.3 is 10.2 Å². The van der Waals surface area contributed by atoms with Gasteiger partial charge in [-0.15, -0.1) is 0 Å². The molecule has 3 rings (SSSR count). The molecule has 1 aromatic carbocycles. The molecule has 1 amide bonds. The standard InChI is InChI=1S/C18H24N4O/c23-17-9-5-2-6-11-22(17)12-10-19-13-16-14-20-21-18(16)15-7-3-1-4-8-15/h1,3-4,7-8,14,19H,2,5-6,9-13H2,(H,20,21). The van der Waals surface area contributed by atoms with Crippen LogP contribution >= 0.6 is 0 Å². The van der Waals surface area contributed by atoms with Gasteiger partial charge in [-0.3, -0.25) is 9.89 Å². The van der Waals surface area contributed by atoms with Crippen LogP contribution < -0.4 is 5.32 Å². The van der Waals surface area contributed by atoms with Crippen molar-refractivity contribution in [3.63, 3.8) is 0 Å². The molecule has 0 bridgehead atoms. The molecule has 0 spiro atoms. The van der Waals surface area contributed by atoms with E-state index in [1.165, 1.54) is 6.42 Å². The van der Waals surface area contributed by atoms with Crippen molar-refractivity contribution in [2.45, 2.75) is 32.2 Å². The van der Waals surface area contributed by atoms with Crippen LogP contribution in [0.2, 0.25) is 0 Å². The topological polar surface area (TPSA) is 61.0 Å². The Morgan fingerprint density at radius 1 is 1.17 bits per heavy atom. The van der Waals surface area contributed by atoms with Gasteiger partial charge >= 0.3 is 0 Å². The third-order valence-corrected chi connectivity index (χ3v) is 4.33. The van der Waals surface area contributed by atoms with Gasteiger partial charge in [-0.2, -0.15) is 5.10 Å². The first-order valence-electron chi connectivity index (χ1n) is 8.41. The number of carbonyl (C=O) groups is 1. The van der Waals surface area contributed by atoms with Crippen molar-refractivity contribution in [3.8, 4) is 11.3 Å². The van der Waals surface area contributed by atoms with Gasteiger partial charge in [0.05, 0.1) is 11.9 Å². The first-order chi connectivity index (χ1) is 11.3. The fraction of sp³-hybridized carbons (Fsp3) is 0.444. The van der Waals surface area contributed by atoms with E-state index in [1.807, 2.05) is 29.3 Å². The second kappa shape index (κ2) is 7.92. The average molecular weight is 312 g/mol. The third-order valence-electron chi connectivity index (χ3n) is 4.33. The summed E-state index contributed by atoms with van der Waals surface area (Å²) < 4.78 is 0. The van der Waals surface area contributed by atoms with E-state index in [4.69, 9.17) is 0 Å². The van der Waals surface area contributed by atoms with Crippen molar-refractivity contribution in [1.29, 1.82) is 0 Å². The number of aromatic amines is 1. The lowest BCUT2D eigenvalue weighted by molar-refractivity contribution is -0.130. The van der Waals surface area contributed by atoms with Gasteiger partial charge in [0.1, 0.15) is 0 Å². The molecule has 2 aromatic rings. The van der Waals surface area contributed by atoms with E-state index in [9.17, 15) is 4.79 Å². The third kappa shape index (κ3) is 4.20. The number of carbonyl (C=O) groups excluding carboxylic acids is 1. The fourth-order valence-electron chi connectivity index (χ4n) is 3.01. The molecular weight excluding hydrogens is 288 g/mol. The Balaban J connectivity index is 1.50. The second-order valence-electron chi connectivity index (χ2n) is 6.00. The minimum atomic E-state index is 0.303. The molecule has 1 aromatic heterocycles. The summed E-state index contributed by atoms with van der Waals surface area (Å²) in [6.45, 7) is 3.26. The van der Waals surface area contributed by atoms with Gasteiger partial charge in [0.15, 0.2) is 0 Å². The lowest BCUT2D eigenvalue weighted by Crippen LogP contribution is -2.36. The summed E-state index contributed by atoms with van der Waals surface area (Å²) in [7, 11) is 0. The van der Waals surface area contributed by atoms with Gasteiger partial charge in [-0.05, 0) is 18.4 Å². The Labute approximate surface area is 137 Å². The smallest absolute Gasteiger partial charge is 0.222 e. The number of rotatable bonds is 6. The number of aromatic nitrogens is 2. The van der Waals surface area contributed by atoms with Crippen molar-refractivity contribution in [1.82, 2.24) is 20.4 Å². The van der Waals surface area contributed by atoms with Crippen molar-refractivity contribution < 1.29 is 4.79 Å². The van der Waals surface area contributed by atoms with Gasteiger partial charge in [-0.25, -0.2) is 0 Å². The molecule has 0 unspecified atom stereocenters. The van der Waals surface area contributed by atoms with Crippen LogP contribution in [0.5, 0.6) is 0 Å². The van der Waals surface area contributed by atoms with Crippen molar-refractivity contribution in [2.75, 3.05) is 19.6 Å². The zero-order valence-corrected chi connectivity index (χ0v) is 13.4. The van der Waals surface area contributed by atoms with Gasteiger partial charge in [0.25, 0.3) is 0 Å². The fourth-order valence-corrected chi connectivity index (χ4v) is 3.01. The molecule has 1 aliphatic heterocycles. The number of nitrogens with zero attached hydrogens (tertiary/aromatic N) is 2. The highest BCUT2D eigenvalue weighted by molar-refractivity contribution is 5.76. The Morgan fingerprint density at radius 2 is 2.04 bits per heavy atom. The monoisotopic (exact) mass is 312 g/mol. The predicted molar refractivity (Wildman–Crippen MR) is 90.8 cm³/mol. The number of likely N-dealkylation sites (tertiary alicyclic amines) is 1. The molecule has 0 atom stereocenters. The van der Waals surface area contributed by atoms with Crippen LogP contribution in [0.15, 0.2) is 36.5 Å². The van der Waals surface area contributed by atoms with Crippen molar-refractivity contribution in [2.24, 2.45) is 0 Å². The molecule has 5 heteroatoms. The number of hydrogen-bond donors (Lipinski definition) is 2. The van der Waals surface area contributed by atoms with Crippen molar-refractivity contribution >= 4 is 5.91 Å². The molecule has 1 fully saturated rings. The van der Waals surface area contributed by atoms with E-state index >= 15 is 0 Å². The quantitative estimate of drug-likeness (QED) is 0.806. The molecular formula is C18H24N4O. The number of benzene rings is 1. The number of nitrogens with one attached hydrogen (secondary N) is 2. The summed E-state index contributed by atoms with van der Waals surface area (Å²) in [4.78, 5) is 14.0. The van der Waals surface area contributed by atoms with Gasteiger partial charge in [0.2, 0.25) is 5.91 Å². The lowest BCUT2D eigenvalue weighted by atomic mass is 10.1. The SMILES string of the molecule is O=C1CCCCCN1CCNCc1cn[nH]c1-c1ccccc1. The first-order valence-corrected chi connectivity index (χ1v) is 8.41. The van der Waals surface area contributed by atoms with Gasteiger partial charge in [-0.1, -0.05) is 36.8 Å². The van der Waals surface area contributed by atoms with Crippen LogP contribution in [0.1, 0.15) is 31.2 Å². The molecule has 1 aliphatic rings. The van der Waals surface area contributed by atoms with E-state index in [0.29, 0.717) is 12.3 Å². The molecule has 1 saturated heterocycles. The maximum absolute atomic E-state index is 12.0. The molecule has 5 nitrogen and oxygen atoms in total. The summed E-state index contributed by atoms with van der Waals surface area (Å²) >= 11 is 0. The lowest BCUT2D eigenvalue weighted by Gasteiger charge is -2.20. The highest BCUT2D eigenvalue weighted by atomic mass is 16.2. The minimum Gasteiger partial charge on any atom is -0.341 e. The first kappa shape index (κ1) is 15.7. The zero-order chi connectivity index (χ0) is 15.9.